The van der Waals surface area contributed by atoms with Gasteiger partial charge in [-0.15, -0.1) is 0 Å². The first kappa shape index (κ1) is 12.4. The quantitative estimate of drug-likeness (QED) is 0.847. The molecule has 17 heavy (non-hydrogen) atoms. The van der Waals surface area contributed by atoms with Crippen molar-refractivity contribution in [3.05, 3.63) is 29.8 Å². The van der Waals surface area contributed by atoms with Crippen molar-refractivity contribution in [2.75, 3.05) is 32.2 Å². The lowest BCUT2D eigenvalue weighted by Gasteiger charge is -2.18. The predicted molar refractivity (Wildman–Crippen MR) is 68.1 cm³/mol. The first-order valence-corrected chi connectivity index (χ1v) is 5.88. The minimum absolute atomic E-state index is 0.147. The Morgan fingerprint density at radius 2 is 1.65 bits per heavy atom. The van der Waals surface area contributed by atoms with Crippen LogP contribution in [0.25, 0.3) is 0 Å². The number of anilines is 1. The van der Waals surface area contributed by atoms with Crippen LogP contribution in [0, 0.1) is 0 Å². The summed E-state index contributed by atoms with van der Waals surface area (Å²) in [5, 5.41) is 0. The monoisotopic (exact) mass is 236 g/mol. The van der Waals surface area contributed by atoms with E-state index in [1.807, 2.05) is 0 Å². The first-order chi connectivity index (χ1) is 8.28. The number of rotatable bonds is 4. The molecule has 2 N–H and O–H groups in total. The summed E-state index contributed by atoms with van der Waals surface area (Å²) < 4.78 is 10.8. The maximum Gasteiger partial charge on any atom is 0.102 e. The van der Waals surface area contributed by atoms with Crippen LogP contribution in [0.4, 0.5) is 5.69 Å². The molecule has 4 nitrogen and oxygen atoms in total. The van der Waals surface area contributed by atoms with Crippen molar-refractivity contribution >= 4 is 5.69 Å². The van der Waals surface area contributed by atoms with E-state index in [1.165, 1.54) is 5.69 Å². The van der Waals surface area contributed by atoms with Crippen LogP contribution in [0.5, 0.6) is 0 Å². The minimum atomic E-state index is 0.147. The standard InChI is InChI=1S/C13H20N2O2/c1-16-12-8-15(9-13(12)17-2)11-5-3-10(7-14)4-6-11/h3-6,12-13H,7-9,14H2,1-2H3. The summed E-state index contributed by atoms with van der Waals surface area (Å²) in [6.45, 7) is 2.33. The van der Waals surface area contributed by atoms with Crippen LogP contribution >= 0.6 is 0 Å². The van der Waals surface area contributed by atoms with Crippen molar-refractivity contribution in [2.24, 2.45) is 5.73 Å². The van der Waals surface area contributed by atoms with Gasteiger partial charge in [0.2, 0.25) is 0 Å². The highest BCUT2D eigenvalue weighted by Gasteiger charge is 2.32. The van der Waals surface area contributed by atoms with Gasteiger partial charge in [-0.1, -0.05) is 12.1 Å². The maximum absolute atomic E-state index is 5.59. The third kappa shape index (κ3) is 2.60. The minimum Gasteiger partial charge on any atom is -0.377 e. The second-order valence-electron chi connectivity index (χ2n) is 4.32. The third-order valence-corrected chi connectivity index (χ3v) is 3.36. The molecule has 94 valence electrons. The zero-order valence-electron chi connectivity index (χ0n) is 10.4. The normalized spacial score (nSPS) is 24.3. The number of benzene rings is 1. The molecule has 1 saturated heterocycles. The Morgan fingerprint density at radius 3 is 2.06 bits per heavy atom. The van der Waals surface area contributed by atoms with Crippen molar-refractivity contribution in [2.45, 2.75) is 18.8 Å². The van der Waals surface area contributed by atoms with E-state index in [0.29, 0.717) is 6.54 Å². The van der Waals surface area contributed by atoms with E-state index in [2.05, 4.69) is 29.2 Å². The number of hydrogen-bond donors (Lipinski definition) is 1. The Morgan fingerprint density at radius 1 is 1.12 bits per heavy atom. The molecule has 0 amide bonds. The molecular formula is C13H20N2O2. The molecule has 2 atom stereocenters. The predicted octanol–water partition coefficient (Wildman–Crippen LogP) is 0.995. The van der Waals surface area contributed by atoms with Crippen molar-refractivity contribution in [3.63, 3.8) is 0 Å². The fourth-order valence-electron chi connectivity index (χ4n) is 2.25. The summed E-state index contributed by atoms with van der Waals surface area (Å²) in [6.07, 6.45) is 0.295. The van der Waals surface area contributed by atoms with Crippen LogP contribution < -0.4 is 10.6 Å². The average molecular weight is 236 g/mol. The van der Waals surface area contributed by atoms with Gasteiger partial charge in [-0.25, -0.2) is 0 Å². The van der Waals surface area contributed by atoms with Gasteiger partial charge in [0.1, 0.15) is 12.2 Å². The summed E-state index contributed by atoms with van der Waals surface area (Å²) in [5.74, 6) is 0. The zero-order chi connectivity index (χ0) is 12.3. The molecule has 0 radical (unpaired) electrons. The highest BCUT2D eigenvalue weighted by Crippen LogP contribution is 2.23. The first-order valence-electron chi connectivity index (χ1n) is 5.88. The van der Waals surface area contributed by atoms with E-state index in [0.717, 1.165) is 18.7 Å². The summed E-state index contributed by atoms with van der Waals surface area (Å²) in [6, 6.07) is 8.34. The van der Waals surface area contributed by atoms with Crippen molar-refractivity contribution in [1.29, 1.82) is 0 Å². The van der Waals surface area contributed by atoms with E-state index >= 15 is 0 Å². The number of nitrogens with zero attached hydrogens (tertiary/aromatic N) is 1. The van der Waals surface area contributed by atoms with Gasteiger partial charge in [0.05, 0.1) is 0 Å². The van der Waals surface area contributed by atoms with Gasteiger partial charge in [0.25, 0.3) is 0 Å². The molecule has 0 aromatic heterocycles. The van der Waals surface area contributed by atoms with Crippen LogP contribution in [-0.4, -0.2) is 39.5 Å². The number of nitrogens with two attached hydrogens (primary N) is 1. The number of methoxy groups -OCH3 is 2. The van der Waals surface area contributed by atoms with Gasteiger partial charge < -0.3 is 20.1 Å². The van der Waals surface area contributed by atoms with E-state index in [-0.39, 0.29) is 12.2 Å². The van der Waals surface area contributed by atoms with Gasteiger partial charge in [-0.3, -0.25) is 0 Å². The number of hydrogen-bond acceptors (Lipinski definition) is 4. The van der Waals surface area contributed by atoms with Gasteiger partial charge in [0, 0.05) is 39.5 Å². The Hall–Kier alpha value is -1.10. The van der Waals surface area contributed by atoms with Crippen molar-refractivity contribution < 1.29 is 9.47 Å². The van der Waals surface area contributed by atoms with Gasteiger partial charge in [-0.05, 0) is 17.7 Å². The molecule has 1 aliphatic rings. The smallest absolute Gasteiger partial charge is 0.102 e. The molecule has 0 saturated carbocycles. The molecule has 2 rings (SSSR count). The van der Waals surface area contributed by atoms with Gasteiger partial charge in [0.15, 0.2) is 0 Å². The van der Waals surface area contributed by atoms with Crippen LogP contribution in [-0.2, 0) is 16.0 Å². The Bertz CT molecular complexity index is 341. The molecular weight excluding hydrogens is 216 g/mol. The fourth-order valence-corrected chi connectivity index (χ4v) is 2.25. The second-order valence-corrected chi connectivity index (χ2v) is 4.32. The number of ether oxygens (including phenoxy) is 2. The van der Waals surface area contributed by atoms with Crippen LogP contribution in [0.15, 0.2) is 24.3 Å². The van der Waals surface area contributed by atoms with Gasteiger partial charge in [-0.2, -0.15) is 0 Å². The maximum atomic E-state index is 5.59. The molecule has 0 bridgehead atoms. The molecule has 0 aliphatic carbocycles. The Labute approximate surface area is 102 Å². The molecule has 2 unspecified atom stereocenters. The lowest BCUT2D eigenvalue weighted by molar-refractivity contribution is -0.00461. The highest BCUT2D eigenvalue weighted by atomic mass is 16.5. The summed E-state index contributed by atoms with van der Waals surface area (Å²) in [7, 11) is 3.47. The second kappa shape index (κ2) is 5.49. The van der Waals surface area contributed by atoms with Crippen molar-refractivity contribution in [3.8, 4) is 0 Å². The fraction of sp³-hybridized carbons (Fsp3) is 0.538. The summed E-state index contributed by atoms with van der Waals surface area (Å²) in [5.41, 5.74) is 7.94. The summed E-state index contributed by atoms with van der Waals surface area (Å²) in [4.78, 5) is 2.28. The Kier molecular flexibility index (Phi) is 3.99. The highest BCUT2D eigenvalue weighted by molar-refractivity contribution is 5.49. The van der Waals surface area contributed by atoms with Gasteiger partial charge >= 0.3 is 0 Å². The van der Waals surface area contributed by atoms with Crippen LogP contribution in [0.2, 0.25) is 0 Å². The summed E-state index contributed by atoms with van der Waals surface area (Å²) >= 11 is 0. The van der Waals surface area contributed by atoms with E-state index in [9.17, 15) is 0 Å². The van der Waals surface area contributed by atoms with Crippen LogP contribution in [0.3, 0.4) is 0 Å². The molecule has 1 aromatic carbocycles. The van der Waals surface area contributed by atoms with Crippen LogP contribution in [0.1, 0.15) is 5.56 Å². The van der Waals surface area contributed by atoms with E-state index < -0.39 is 0 Å². The lowest BCUT2D eigenvalue weighted by Crippen LogP contribution is -2.27. The molecule has 0 spiro atoms. The molecule has 4 heteroatoms. The topological polar surface area (TPSA) is 47.7 Å². The SMILES string of the molecule is COC1CN(c2ccc(CN)cc2)CC1OC. The third-order valence-electron chi connectivity index (χ3n) is 3.36. The molecule has 1 heterocycles. The molecule has 1 fully saturated rings. The Balaban J connectivity index is 2.07. The average Bonchev–Trinajstić information content (AvgIpc) is 2.82. The van der Waals surface area contributed by atoms with Crippen molar-refractivity contribution in [1.82, 2.24) is 0 Å². The largest absolute Gasteiger partial charge is 0.377 e. The molecule has 1 aromatic rings. The lowest BCUT2D eigenvalue weighted by atomic mass is 10.2. The zero-order valence-corrected chi connectivity index (χ0v) is 10.4. The van der Waals surface area contributed by atoms with E-state index in [4.69, 9.17) is 15.2 Å². The van der Waals surface area contributed by atoms with E-state index in [1.54, 1.807) is 14.2 Å². The molecule has 1 aliphatic heterocycles.